The van der Waals surface area contributed by atoms with Crippen LogP contribution in [0.25, 0.3) is 0 Å². The zero-order valence-electron chi connectivity index (χ0n) is 10.4. The van der Waals surface area contributed by atoms with Crippen LogP contribution in [0.1, 0.15) is 26.2 Å². The zero-order valence-corrected chi connectivity index (χ0v) is 11.2. The maximum atomic E-state index is 12.1. The number of hydrogen-bond acceptors (Lipinski definition) is 5. The van der Waals surface area contributed by atoms with Crippen molar-refractivity contribution < 1.29 is 13.2 Å². The number of rotatable bonds is 4. The molecular formula is C9H17N5O3S. The Kier molecular flexibility index (Phi) is 3.71. The van der Waals surface area contributed by atoms with Crippen molar-refractivity contribution in [2.24, 2.45) is 0 Å². The summed E-state index contributed by atoms with van der Waals surface area (Å²) in [7, 11) is -2.18. The molecule has 0 saturated carbocycles. The van der Waals surface area contributed by atoms with Gasteiger partial charge in [-0.1, -0.05) is 6.42 Å². The van der Waals surface area contributed by atoms with Crippen molar-refractivity contribution in [1.29, 1.82) is 0 Å². The van der Waals surface area contributed by atoms with Crippen molar-refractivity contribution in [2.45, 2.75) is 32.2 Å². The Bertz CT molecular complexity index is 500. The molecule has 1 fully saturated rings. The van der Waals surface area contributed by atoms with Crippen LogP contribution in [0, 0.1) is 0 Å². The van der Waals surface area contributed by atoms with E-state index >= 15 is 0 Å². The molecule has 0 bridgehead atoms. The van der Waals surface area contributed by atoms with Crippen molar-refractivity contribution in [1.82, 2.24) is 19.5 Å². The molecule has 8 nitrogen and oxygen atoms in total. The van der Waals surface area contributed by atoms with Gasteiger partial charge in [0.1, 0.15) is 0 Å². The number of aromatic amines is 1. The molecule has 0 radical (unpaired) electrons. The van der Waals surface area contributed by atoms with Gasteiger partial charge in [-0.25, -0.2) is 9.82 Å². The van der Waals surface area contributed by atoms with Crippen molar-refractivity contribution in [2.75, 3.05) is 18.4 Å². The van der Waals surface area contributed by atoms with Crippen LogP contribution in [-0.2, 0) is 10.2 Å². The van der Waals surface area contributed by atoms with E-state index in [1.165, 1.54) is 11.4 Å². The van der Waals surface area contributed by atoms with E-state index in [4.69, 9.17) is 4.74 Å². The topological polar surface area (TPSA) is 100 Å². The molecular weight excluding hydrogens is 258 g/mol. The van der Waals surface area contributed by atoms with Gasteiger partial charge in [-0.05, 0) is 19.8 Å². The van der Waals surface area contributed by atoms with Gasteiger partial charge in [0.2, 0.25) is 5.95 Å². The molecule has 0 aromatic carbocycles. The summed E-state index contributed by atoms with van der Waals surface area (Å²) < 4.78 is 32.9. The predicted octanol–water partition coefficient (Wildman–Crippen LogP) is 0.344. The largest absolute Gasteiger partial charge is 0.466 e. The van der Waals surface area contributed by atoms with Crippen LogP contribution in [0.2, 0.25) is 0 Å². The Balaban J connectivity index is 2.10. The first-order valence-corrected chi connectivity index (χ1v) is 7.23. The Morgan fingerprint density at radius 1 is 1.50 bits per heavy atom. The lowest BCUT2D eigenvalue weighted by Gasteiger charge is -2.31. The van der Waals surface area contributed by atoms with E-state index in [1.54, 1.807) is 0 Å². The Morgan fingerprint density at radius 3 is 2.89 bits per heavy atom. The number of hydrogen-bond donors (Lipinski definition) is 2. The number of H-pyrrole nitrogens is 1. The third-order valence-corrected chi connectivity index (χ3v) is 4.54. The maximum absolute atomic E-state index is 12.1. The molecule has 2 rings (SSSR count). The lowest BCUT2D eigenvalue weighted by molar-refractivity contribution is 0.270. The van der Waals surface area contributed by atoms with E-state index in [0.29, 0.717) is 6.54 Å². The van der Waals surface area contributed by atoms with E-state index in [2.05, 4.69) is 19.9 Å². The lowest BCUT2D eigenvalue weighted by atomic mass is 10.1. The highest BCUT2D eigenvalue weighted by molar-refractivity contribution is 7.90. The second-order valence-corrected chi connectivity index (χ2v) is 5.86. The van der Waals surface area contributed by atoms with Crippen LogP contribution in [0.15, 0.2) is 0 Å². The lowest BCUT2D eigenvalue weighted by Crippen LogP contribution is -2.45. The summed E-state index contributed by atoms with van der Waals surface area (Å²) in [6.45, 7) is 2.43. The quantitative estimate of drug-likeness (QED) is 0.825. The number of nitrogens with one attached hydrogen (secondary N) is 2. The fourth-order valence-electron chi connectivity index (χ4n) is 1.99. The molecule has 1 aromatic heterocycles. The highest BCUT2D eigenvalue weighted by Gasteiger charge is 2.30. The van der Waals surface area contributed by atoms with Crippen LogP contribution in [-0.4, -0.2) is 47.6 Å². The molecule has 2 heterocycles. The number of aromatic nitrogens is 3. The summed E-state index contributed by atoms with van der Waals surface area (Å²) in [6, 6.07) is 0.0976. The van der Waals surface area contributed by atoms with E-state index < -0.39 is 10.2 Å². The van der Waals surface area contributed by atoms with Gasteiger partial charge in [0, 0.05) is 12.6 Å². The number of methoxy groups -OCH3 is 1. The zero-order chi connectivity index (χ0) is 13.2. The van der Waals surface area contributed by atoms with Gasteiger partial charge in [-0.2, -0.15) is 17.7 Å². The van der Waals surface area contributed by atoms with E-state index in [1.807, 2.05) is 6.92 Å². The monoisotopic (exact) mass is 275 g/mol. The summed E-state index contributed by atoms with van der Waals surface area (Å²) >= 11 is 0. The first-order chi connectivity index (χ1) is 8.53. The third kappa shape index (κ3) is 2.72. The second-order valence-electron chi connectivity index (χ2n) is 4.23. The summed E-state index contributed by atoms with van der Waals surface area (Å²) in [5, 5.41) is 6.14. The maximum Gasteiger partial charge on any atom is 0.336 e. The molecule has 1 unspecified atom stereocenters. The summed E-state index contributed by atoms with van der Waals surface area (Å²) in [6.07, 6.45) is 2.81. The highest BCUT2D eigenvalue weighted by Crippen LogP contribution is 2.20. The van der Waals surface area contributed by atoms with Gasteiger partial charge in [0.15, 0.2) is 0 Å². The second kappa shape index (κ2) is 5.11. The average molecular weight is 275 g/mol. The number of ether oxygens (including phenoxy) is 1. The summed E-state index contributed by atoms with van der Waals surface area (Å²) in [5.74, 6) is 0.0598. The minimum absolute atomic E-state index is 0.000988. The standard InChI is InChI=1S/C9H17N5O3S/c1-7-5-3-4-6-14(7)18(15,16)13-8-10-9(17-2)12-11-8/h7H,3-6H2,1-2H3,(H2,10,11,12,13). The van der Waals surface area contributed by atoms with Gasteiger partial charge in [-0.15, -0.1) is 5.10 Å². The fraction of sp³-hybridized carbons (Fsp3) is 0.778. The molecule has 0 amide bonds. The van der Waals surface area contributed by atoms with Crippen molar-refractivity contribution >= 4 is 16.2 Å². The molecule has 1 saturated heterocycles. The highest BCUT2D eigenvalue weighted by atomic mass is 32.2. The van der Waals surface area contributed by atoms with Gasteiger partial charge in [-0.3, -0.25) is 0 Å². The third-order valence-electron chi connectivity index (χ3n) is 2.92. The minimum atomic E-state index is -3.59. The summed E-state index contributed by atoms with van der Waals surface area (Å²) in [5.41, 5.74) is 0. The van der Waals surface area contributed by atoms with Crippen molar-refractivity contribution in [3.8, 4) is 6.01 Å². The van der Waals surface area contributed by atoms with Gasteiger partial charge >= 0.3 is 16.2 Å². The van der Waals surface area contributed by atoms with Crippen LogP contribution in [0.3, 0.4) is 0 Å². The average Bonchev–Trinajstić information content (AvgIpc) is 2.76. The molecule has 102 valence electrons. The molecule has 1 aliphatic heterocycles. The van der Waals surface area contributed by atoms with Crippen LogP contribution in [0.5, 0.6) is 6.01 Å². The first-order valence-electron chi connectivity index (χ1n) is 5.79. The number of piperidine rings is 1. The molecule has 0 spiro atoms. The molecule has 18 heavy (non-hydrogen) atoms. The SMILES string of the molecule is COc1n[nH]c(NS(=O)(=O)N2CCCCC2C)n1. The minimum Gasteiger partial charge on any atom is -0.466 e. The molecule has 1 aliphatic rings. The fourth-order valence-corrected chi connectivity index (χ4v) is 3.39. The Morgan fingerprint density at radius 2 is 2.28 bits per heavy atom. The summed E-state index contributed by atoms with van der Waals surface area (Å²) in [4.78, 5) is 3.83. The van der Waals surface area contributed by atoms with Crippen LogP contribution >= 0.6 is 0 Å². The molecule has 2 N–H and O–H groups in total. The smallest absolute Gasteiger partial charge is 0.336 e. The first kappa shape index (κ1) is 13.1. The van der Waals surface area contributed by atoms with E-state index in [9.17, 15) is 8.42 Å². The van der Waals surface area contributed by atoms with Crippen LogP contribution < -0.4 is 9.46 Å². The number of nitrogens with zero attached hydrogens (tertiary/aromatic N) is 3. The molecule has 1 aromatic rings. The Hall–Kier alpha value is -1.35. The normalized spacial score (nSPS) is 21.8. The Labute approximate surface area is 106 Å². The van der Waals surface area contributed by atoms with Gasteiger partial charge in [0.05, 0.1) is 7.11 Å². The number of anilines is 1. The van der Waals surface area contributed by atoms with E-state index in [-0.39, 0.29) is 18.0 Å². The predicted molar refractivity (Wildman–Crippen MR) is 65.5 cm³/mol. The van der Waals surface area contributed by atoms with Crippen molar-refractivity contribution in [3.63, 3.8) is 0 Å². The molecule has 1 atom stereocenters. The molecule has 9 heteroatoms. The van der Waals surface area contributed by atoms with Crippen molar-refractivity contribution in [3.05, 3.63) is 0 Å². The van der Waals surface area contributed by atoms with Gasteiger partial charge in [0.25, 0.3) is 0 Å². The molecule has 0 aliphatic carbocycles. The van der Waals surface area contributed by atoms with E-state index in [0.717, 1.165) is 19.3 Å². The van der Waals surface area contributed by atoms with Gasteiger partial charge < -0.3 is 4.74 Å². The van der Waals surface area contributed by atoms with Crippen LogP contribution in [0.4, 0.5) is 5.95 Å².